The van der Waals surface area contributed by atoms with E-state index in [0.717, 1.165) is 27.4 Å². The van der Waals surface area contributed by atoms with Gasteiger partial charge in [0.05, 0.1) is 12.0 Å². The average molecular weight is 420 g/mol. The molecule has 0 aromatic heterocycles. The highest BCUT2D eigenvalue weighted by Gasteiger charge is 2.25. The van der Waals surface area contributed by atoms with Gasteiger partial charge in [0.15, 0.2) is 11.5 Å². The van der Waals surface area contributed by atoms with Gasteiger partial charge >= 0.3 is 0 Å². The molecule has 2 aromatic rings. The molecule has 1 aliphatic rings. The van der Waals surface area contributed by atoms with Crippen molar-refractivity contribution in [3.63, 3.8) is 0 Å². The van der Waals surface area contributed by atoms with Crippen molar-refractivity contribution in [3.8, 4) is 11.5 Å². The second-order valence-electron chi connectivity index (χ2n) is 5.18. The van der Waals surface area contributed by atoms with Crippen molar-refractivity contribution in [2.45, 2.75) is 6.61 Å². The number of nitrogens with one attached hydrogen (secondary N) is 1. The third-order valence-corrected chi connectivity index (χ3v) is 4.77. The number of imide groups is 1. The fourth-order valence-electron chi connectivity index (χ4n) is 2.21. The van der Waals surface area contributed by atoms with Crippen molar-refractivity contribution in [1.29, 1.82) is 0 Å². The third-order valence-electron chi connectivity index (χ3n) is 3.44. The first-order valence-electron chi connectivity index (χ1n) is 7.35. The second kappa shape index (κ2) is 7.76. The summed E-state index contributed by atoms with van der Waals surface area (Å²) in [6.45, 7) is 0.414. The highest BCUT2D eigenvalue weighted by molar-refractivity contribution is 9.10. The van der Waals surface area contributed by atoms with E-state index in [1.54, 1.807) is 25.3 Å². The molecule has 128 valence electrons. The maximum Gasteiger partial charge on any atom is 0.290 e. The highest BCUT2D eigenvalue weighted by atomic mass is 79.9. The van der Waals surface area contributed by atoms with Crippen LogP contribution in [0, 0.1) is 0 Å². The summed E-state index contributed by atoms with van der Waals surface area (Å²) in [7, 11) is 1.55. The first kappa shape index (κ1) is 17.6. The van der Waals surface area contributed by atoms with Crippen LogP contribution in [-0.4, -0.2) is 18.3 Å². The van der Waals surface area contributed by atoms with Gasteiger partial charge in [-0.15, -0.1) is 0 Å². The van der Waals surface area contributed by atoms with Crippen LogP contribution < -0.4 is 14.8 Å². The Balaban J connectivity index is 1.75. The van der Waals surface area contributed by atoms with Crippen LogP contribution in [0.5, 0.6) is 11.5 Å². The summed E-state index contributed by atoms with van der Waals surface area (Å²) in [6, 6.07) is 13.2. The summed E-state index contributed by atoms with van der Waals surface area (Å²) in [5.74, 6) is 0.776. The minimum Gasteiger partial charge on any atom is -0.493 e. The van der Waals surface area contributed by atoms with Crippen molar-refractivity contribution >= 4 is 44.9 Å². The minimum absolute atomic E-state index is 0.357. The average Bonchev–Trinajstić information content (AvgIpc) is 2.92. The van der Waals surface area contributed by atoms with Crippen molar-refractivity contribution in [2.24, 2.45) is 0 Å². The Morgan fingerprint density at radius 3 is 2.52 bits per heavy atom. The van der Waals surface area contributed by atoms with Crippen molar-refractivity contribution in [1.82, 2.24) is 5.32 Å². The fourth-order valence-corrected chi connectivity index (χ4v) is 3.15. The molecule has 0 saturated carbocycles. The van der Waals surface area contributed by atoms with Crippen molar-refractivity contribution in [2.75, 3.05) is 7.11 Å². The molecule has 0 bridgehead atoms. The van der Waals surface area contributed by atoms with Crippen molar-refractivity contribution < 1.29 is 19.1 Å². The number of rotatable bonds is 5. The number of ether oxygens (including phenoxy) is 2. The summed E-state index contributed by atoms with van der Waals surface area (Å²) in [4.78, 5) is 23.2. The number of carbonyl (C=O) groups is 2. The number of methoxy groups -OCH3 is 1. The van der Waals surface area contributed by atoms with Gasteiger partial charge in [-0.2, -0.15) is 0 Å². The molecule has 0 spiro atoms. The van der Waals surface area contributed by atoms with E-state index in [-0.39, 0.29) is 11.1 Å². The molecule has 2 amide bonds. The highest BCUT2D eigenvalue weighted by Crippen LogP contribution is 2.32. The molecule has 0 aliphatic carbocycles. The molecule has 2 aromatic carbocycles. The summed E-state index contributed by atoms with van der Waals surface area (Å²) in [5.41, 5.74) is 1.79. The Morgan fingerprint density at radius 1 is 1.12 bits per heavy atom. The number of hydrogen-bond acceptors (Lipinski definition) is 5. The Hall–Kier alpha value is -2.25. The van der Waals surface area contributed by atoms with Gasteiger partial charge in [-0.1, -0.05) is 34.1 Å². The largest absolute Gasteiger partial charge is 0.493 e. The molecule has 1 fully saturated rings. The monoisotopic (exact) mass is 419 g/mol. The lowest BCUT2D eigenvalue weighted by Gasteiger charge is -2.11. The number of thioether (sulfide) groups is 1. The van der Waals surface area contributed by atoms with Crippen molar-refractivity contribution in [3.05, 3.63) is 63.0 Å². The summed E-state index contributed by atoms with van der Waals surface area (Å²) < 4.78 is 12.2. The molecule has 5 nitrogen and oxygen atoms in total. The van der Waals surface area contributed by atoms with Crippen LogP contribution in [0.3, 0.4) is 0 Å². The lowest BCUT2D eigenvalue weighted by Crippen LogP contribution is -2.17. The van der Waals surface area contributed by atoms with E-state index in [2.05, 4.69) is 21.2 Å². The molecule has 1 N–H and O–H groups in total. The van der Waals surface area contributed by atoms with E-state index in [0.29, 0.717) is 23.0 Å². The molecule has 1 saturated heterocycles. The first-order valence-corrected chi connectivity index (χ1v) is 8.96. The van der Waals surface area contributed by atoms with E-state index < -0.39 is 0 Å². The summed E-state index contributed by atoms with van der Waals surface area (Å²) >= 11 is 4.28. The topological polar surface area (TPSA) is 64.6 Å². The SMILES string of the molecule is COc1cc(C=C2SC(=O)NC2=O)ccc1OCc1ccc(Br)cc1. The maximum atomic E-state index is 11.6. The molecule has 7 heteroatoms. The van der Waals surface area contributed by atoms with Gasteiger partial charge in [0, 0.05) is 4.47 Å². The van der Waals surface area contributed by atoms with Crippen LogP contribution in [0.15, 0.2) is 51.8 Å². The first-order chi connectivity index (χ1) is 12.0. The Labute approximate surface area is 157 Å². The van der Waals surface area contributed by atoms with E-state index >= 15 is 0 Å². The number of carbonyl (C=O) groups excluding carboxylic acids is 2. The molecular formula is C18H14BrNO4S. The zero-order valence-electron chi connectivity index (χ0n) is 13.2. The number of benzene rings is 2. The van der Waals surface area contributed by atoms with Gasteiger partial charge in [-0.25, -0.2) is 0 Å². The predicted octanol–water partition coefficient (Wildman–Crippen LogP) is 4.36. The molecule has 25 heavy (non-hydrogen) atoms. The molecule has 1 heterocycles. The lowest BCUT2D eigenvalue weighted by molar-refractivity contribution is -0.115. The van der Waals surface area contributed by atoms with Crippen LogP contribution in [0.4, 0.5) is 4.79 Å². The number of hydrogen-bond donors (Lipinski definition) is 1. The van der Waals surface area contributed by atoms with Crippen LogP contribution in [0.25, 0.3) is 6.08 Å². The van der Waals surface area contributed by atoms with Crippen LogP contribution in [-0.2, 0) is 11.4 Å². The normalized spacial score (nSPS) is 15.4. The molecule has 1 aliphatic heterocycles. The zero-order chi connectivity index (χ0) is 17.8. The second-order valence-corrected chi connectivity index (χ2v) is 7.11. The van der Waals surface area contributed by atoms with E-state index in [1.807, 2.05) is 30.3 Å². The summed E-state index contributed by atoms with van der Waals surface area (Å²) in [6.07, 6.45) is 1.64. The van der Waals surface area contributed by atoms with E-state index in [9.17, 15) is 9.59 Å². The van der Waals surface area contributed by atoms with Gasteiger partial charge < -0.3 is 9.47 Å². The smallest absolute Gasteiger partial charge is 0.290 e. The zero-order valence-corrected chi connectivity index (χ0v) is 15.6. The molecule has 0 atom stereocenters. The number of halogens is 1. The van der Waals surface area contributed by atoms with Gasteiger partial charge in [-0.05, 0) is 53.2 Å². The molecule has 0 unspecified atom stereocenters. The van der Waals surface area contributed by atoms with Crippen LogP contribution in [0.1, 0.15) is 11.1 Å². The predicted molar refractivity (Wildman–Crippen MR) is 101 cm³/mol. The maximum absolute atomic E-state index is 11.6. The molecule has 3 rings (SSSR count). The van der Waals surface area contributed by atoms with Gasteiger partial charge in [0.2, 0.25) is 0 Å². The fraction of sp³-hybridized carbons (Fsp3) is 0.111. The minimum atomic E-state index is -0.385. The summed E-state index contributed by atoms with van der Waals surface area (Å²) in [5, 5.41) is 1.86. The van der Waals surface area contributed by atoms with Gasteiger partial charge in [0.25, 0.3) is 11.1 Å². The van der Waals surface area contributed by atoms with Crippen LogP contribution in [0.2, 0.25) is 0 Å². The Morgan fingerprint density at radius 2 is 1.88 bits per heavy atom. The van der Waals surface area contributed by atoms with Gasteiger partial charge in [-0.3, -0.25) is 14.9 Å². The van der Waals surface area contributed by atoms with Crippen LogP contribution >= 0.6 is 27.7 Å². The quantitative estimate of drug-likeness (QED) is 0.729. The Bertz CT molecular complexity index is 849. The number of amides is 2. The van der Waals surface area contributed by atoms with E-state index in [4.69, 9.17) is 9.47 Å². The molecule has 0 radical (unpaired) electrons. The lowest BCUT2D eigenvalue weighted by atomic mass is 10.2. The van der Waals surface area contributed by atoms with Gasteiger partial charge in [0.1, 0.15) is 6.61 Å². The third kappa shape index (κ3) is 4.43. The van der Waals surface area contributed by atoms with E-state index in [1.165, 1.54) is 0 Å². The molecular weight excluding hydrogens is 406 g/mol. The standard InChI is InChI=1S/C18H14BrNO4S/c1-23-15-8-12(9-16-17(21)20-18(22)25-16)4-7-14(15)24-10-11-2-5-13(19)6-3-11/h2-9H,10H2,1H3,(H,20,21,22). The Kier molecular flexibility index (Phi) is 5.45.